The Balaban J connectivity index is 1.89. The molecule has 0 aromatic carbocycles. The van der Waals surface area contributed by atoms with Crippen molar-refractivity contribution < 1.29 is 14.7 Å². The van der Waals surface area contributed by atoms with Gasteiger partial charge in [0.05, 0.1) is 12.5 Å². The number of amides is 1. The molecule has 7 heteroatoms. The molecule has 0 saturated carbocycles. The van der Waals surface area contributed by atoms with Gasteiger partial charge >= 0.3 is 5.97 Å². The molecule has 0 spiro atoms. The third-order valence-corrected chi connectivity index (χ3v) is 4.91. The lowest BCUT2D eigenvalue weighted by Gasteiger charge is -2.34. The molecule has 1 N–H and O–H groups in total. The summed E-state index contributed by atoms with van der Waals surface area (Å²) in [5, 5.41) is 9.02. The number of rotatable bonds is 3. The van der Waals surface area contributed by atoms with Gasteiger partial charge in [-0.15, -0.1) is 0 Å². The van der Waals surface area contributed by atoms with Crippen LogP contribution >= 0.6 is 11.8 Å². The van der Waals surface area contributed by atoms with Crippen molar-refractivity contribution in [2.75, 3.05) is 18.1 Å². The minimum absolute atomic E-state index is 0.0227. The first kappa shape index (κ1) is 14.9. The Hall–Kier alpha value is -2.02. The lowest BCUT2D eigenvalue weighted by atomic mass is 10.2. The number of thioether (sulfide) groups is 1. The molecule has 2 aromatic rings. The van der Waals surface area contributed by atoms with E-state index in [2.05, 4.69) is 4.98 Å². The van der Waals surface area contributed by atoms with Crippen molar-refractivity contribution in [2.45, 2.75) is 19.4 Å². The lowest BCUT2D eigenvalue weighted by molar-refractivity contribution is -0.138. The fourth-order valence-electron chi connectivity index (χ4n) is 2.69. The summed E-state index contributed by atoms with van der Waals surface area (Å²) in [5.41, 5.74) is 2.10. The van der Waals surface area contributed by atoms with Crippen LogP contribution in [0.4, 0.5) is 0 Å². The number of carbonyl (C=O) groups is 2. The molecule has 0 aliphatic carbocycles. The minimum atomic E-state index is -0.879. The maximum atomic E-state index is 12.7. The van der Waals surface area contributed by atoms with Gasteiger partial charge in [-0.05, 0) is 19.1 Å². The SMILES string of the molecule is Cc1cccc2nc(C(=O)N3CCSC[C@H]3CC(=O)O)cn12. The van der Waals surface area contributed by atoms with E-state index in [9.17, 15) is 9.59 Å². The van der Waals surface area contributed by atoms with Crippen LogP contribution in [0.25, 0.3) is 5.65 Å². The van der Waals surface area contributed by atoms with Gasteiger partial charge < -0.3 is 14.4 Å². The average molecular weight is 319 g/mol. The molecule has 0 unspecified atom stereocenters. The van der Waals surface area contributed by atoms with E-state index < -0.39 is 5.97 Å². The number of hydrogen-bond acceptors (Lipinski definition) is 4. The first-order chi connectivity index (χ1) is 10.6. The summed E-state index contributed by atoms with van der Waals surface area (Å²) >= 11 is 1.69. The Bertz CT molecular complexity index is 728. The molecule has 1 aliphatic rings. The fourth-order valence-corrected chi connectivity index (χ4v) is 3.75. The van der Waals surface area contributed by atoms with E-state index in [-0.39, 0.29) is 18.4 Å². The fraction of sp³-hybridized carbons (Fsp3) is 0.400. The van der Waals surface area contributed by atoms with Crippen LogP contribution < -0.4 is 0 Å². The molecule has 2 aromatic heterocycles. The molecular weight excluding hydrogens is 302 g/mol. The van der Waals surface area contributed by atoms with Gasteiger partial charge in [-0.25, -0.2) is 4.98 Å². The van der Waals surface area contributed by atoms with Crippen LogP contribution in [0, 0.1) is 6.92 Å². The molecule has 0 bridgehead atoms. The van der Waals surface area contributed by atoms with Crippen molar-refractivity contribution in [3.05, 3.63) is 35.8 Å². The molecule has 6 nitrogen and oxygen atoms in total. The van der Waals surface area contributed by atoms with Crippen molar-refractivity contribution in [3.8, 4) is 0 Å². The highest BCUT2D eigenvalue weighted by Crippen LogP contribution is 2.21. The van der Waals surface area contributed by atoms with Crippen LogP contribution in [-0.4, -0.2) is 55.4 Å². The Morgan fingerprint density at radius 1 is 1.45 bits per heavy atom. The van der Waals surface area contributed by atoms with Gasteiger partial charge in [-0.3, -0.25) is 9.59 Å². The topological polar surface area (TPSA) is 74.9 Å². The molecule has 1 saturated heterocycles. The van der Waals surface area contributed by atoms with Crippen LogP contribution in [0.3, 0.4) is 0 Å². The second-order valence-electron chi connectivity index (χ2n) is 5.35. The smallest absolute Gasteiger partial charge is 0.305 e. The largest absolute Gasteiger partial charge is 0.481 e. The van der Waals surface area contributed by atoms with Crippen LogP contribution in [-0.2, 0) is 4.79 Å². The number of pyridine rings is 1. The molecule has 1 fully saturated rings. The summed E-state index contributed by atoms with van der Waals surface area (Å²) < 4.78 is 1.87. The van der Waals surface area contributed by atoms with Crippen LogP contribution in [0.2, 0.25) is 0 Å². The summed E-state index contributed by atoms with van der Waals surface area (Å²) in [6.45, 7) is 2.52. The molecule has 22 heavy (non-hydrogen) atoms. The predicted molar refractivity (Wildman–Crippen MR) is 84.3 cm³/mol. The lowest BCUT2D eigenvalue weighted by Crippen LogP contribution is -2.47. The summed E-state index contributed by atoms with van der Waals surface area (Å²) in [4.78, 5) is 29.7. The minimum Gasteiger partial charge on any atom is -0.481 e. The van der Waals surface area contributed by atoms with Crippen molar-refractivity contribution in [1.29, 1.82) is 0 Å². The van der Waals surface area contributed by atoms with E-state index in [1.807, 2.05) is 29.5 Å². The standard InChI is InChI=1S/C15H17N3O3S/c1-10-3-2-4-13-16-12(8-18(10)13)15(21)17-5-6-22-9-11(17)7-14(19)20/h2-4,8,11H,5-7,9H2,1H3,(H,19,20)/t11-/m1/s1. The maximum Gasteiger partial charge on any atom is 0.305 e. The third kappa shape index (κ3) is 2.81. The number of aliphatic carboxylic acids is 1. The molecule has 3 rings (SSSR count). The van der Waals surface area contributed by atoms with Gasteiger partial charge in [0, 0.05) is 29.9 Å². The van der Waals surface area contributed by atoms with Gasteiger partial charge in [0.15, 0.2) is 0 Å². The molecule has 0 radical (unpaired) electrons. The number of aromatic nitrogens is 2. The number of carboxylic acid groups (broad SMARTS) is 1. The molecular formula is C15H17N3O3S. The average Bonchev–Trinajstić information content (AvgIpc) is 2.92. The van der Waals surface area contributed by atoms with E-state index in [1.165, 1.54) is 0 Å². The first-order valence-corrected chi connectivity index (χ1v) is 8.27. The van der Waals surface area contributed by atoms with E-state index in [0.717, 1.165) is 17.1 Å². The highest BCUT2D eigenvalue weighted by atomic mass is 32.2. The summed E-state index contributed by atoms with van der Waals surface area (Å²) in [6.07, 6.45) is 1.71. The first-order valence-electron chi connectivity index (χ1n) is 7.11. The zero-order valence-electron chi connectivity index (χ0n) is 12.2. The van der Waals surface area contributed by atoms with E-state index in [1.54, 1.807) is 22.9 Å². The Morgan fingerprint density at radius 3 is 3.00 bits per heavy atom. The van der Waals surface area contributed by atoms with E-state index >= 15 is 0 Å². The number of nitrogens with zero attached hydrogens (tertiary/aromatic N) is 3. The second kappa shape index (κ2) is 6.00. The molecule has 1 aliphatic heterocycles. The van der Waals surface area contributed by atoms with Crippen molar-refractivity contribution in [1.82, 2.24) is 14.3 Å². The maximum absolute atomic E-state index is 12.7. The summed E-state index contributed by atoms with van der Waals surface area (Å²) in [6, 6.07) is 5.43. The van der Waals surface area contributed by atoms with Gasteiger partial charge in [-0.1, -0.05) is 6.07 Å². The normalized spacial score (nSPS) is 18.6. The van der Waals surface area contributed by atoms with Gasteiger partial charge in [0.25, 0.3) is 5.91 Å². The number of fused-ring (bicyclic) bond motifs is 1. The van der Waals surface area contributed by atoms with Crippen molar-refractivity contribution in [2.24, 2.45) is 0 Å². The quantitative estimate of drug-likeness (QED) is 0.931. The monoisotopic (exact) mass is 319 g/mol. The zero-order valence-corrected chi connectivity index (χ0v) is 13.0. The molecule has 116 valence electrons. The van der Waals surface area contributed by atoms with E-state index in [4.69, 9.17) is 5.11 Å². The number of carboxylic acids is 1. The van der Waals surface area contributed by atoms with Gasteiger partial charge in [-0.2, -0.15) is 11.8 Å². The highest BCUT2D eigenvalue weighted by Gasteiger charge is 2.30. The Morgan fingerprint density at radius 2 is 2.27 bits per heavy atom. The zero-order chi connectivity index (χ0) is 15.7. The van der Waals surface area contributed by atoms with E-state index in [0.29, 0.717) is 18.0 Å². The molecule has 3 heterocycles. The number of imidazole rings is 1. The summed E-state index contributed by atoms with van der Waals surface area (Å²) in [7, 11) is 0. The molecule has 1 atom stereocenters. The Kier molecular flexibility index (Phi) is 4.06. The van der Waals surface area contributed by atoms with Gasteiger partial charge in [0.2, 0.25) is 0 Å². The highest BCUT2D eigenvalue weighted by molar-refractivity contribution is 7.99. The van der Waals surface area contributed by atoms with Crippen molar-refractivity contribution in [3.63, 3.8) is 0 Å². The summed E-state index contributed by atoms with van der Waals surface area (Å²) in [5.74, 6) is 0.421. The number of hydrogen-bond donors (Lipinski definition) is 1. The van der Waals surface area contributed by atoms with Crippen LogP contribution in [0.15, 0.2) is 24.4 Å². The molecule has 1 amide bonds. The van der Waals surface area contributed by atoms with Crippen molar-refractivity contribution >= 4 is 29.3 Å². The van der Waals surface area contributed by atoms with Crippen LogP contribution in [0.5, 0.6) is 0 Å². The third-order valence-electron chi connectivity index (χ3n) is 3.81. The van der Waals surface area contributed by atoms with Crippen LogP contribution in [0.1, 0.15) is 22.6 Å². The predicted octanol–water partition coefficient (Wildman–Crippen LogP) is 1.68. The Labute approximate surface area is 132 Å². The van der Waals surface area contributed by atoms with Gasteiger partial charge in [0.1, 0.15) is 11.3 Å². The number of aryl methyl sites for hydroxylation is 1. The second-order valence-corrected chi connectivity index (χ2v) is 6.50. The number of carbonyl (C=O) groups excluding carboxylic acids is 1.